The highest BCUT2D eigenvalue weighted by atomic mass is 32.2. The second-order valence-corrected chi connectivity index (χ2v) is 7.56. The van der Waals surface area contributed by atoms with Crippen molar-refractivity contribution in [1.82, 2.24) is 4.31 Å². The number of hydrogen-bond acceptors (Lipinski definition) is 4. The predicted molar refractivity (Wildman–Crippen MR) is 75.1 cm³/mol. The Bertz CT molecular complexity index is 641. The minimum atomic E-state index is -3.44. The summed E-state index contributed by atoms with van der Waals surface area (Å²) >= 11 is 0. The molecule has 1 aliphatic heterocycles. The first-order valence-electron chi connectivity index (χ1n) is 6.46. The van der Waals surface area contributed by atoms with Crippen LogP contribution in [0, 0.1) is 17.2 Å². The highest BCUT2D eigenvalue weighted by molar-refractivity contribution is 7.88. The molecule has 1 saturated heterocycles. The molecule has 20 heavy (non-hydrogen) atoms. The average Bonchev–Trinajstić information content (AvgIpc) is 2.34. The van der Waals surface area contributed by atoms with Crippen molar-refractivity contribution >= 4 is 10.0 Å². The maximum atomic E-state index is 12.2. The molecule has 5 nitrogen and oxygen atoms in total. The maximum Gasteiger partial charge on any atom is 0.218 e. The average molecular weight is 294 g/mol. The third kappa shape index (κ3) is 2.85. The Kier molecular flexibility index (Phi) is 3.87. The van der Waals surface area contributed by atoms with Crippen LogP contribution in [0.2, 0.25) is 0 Å². The number of hydrogen-bond donors (Lipinski definition) is 1. The molecule has 1 heterocycles. The van der Waals surface area contributed by atoms with Crippen molar-refractivity contribution in [3.8, 4) is 6.07 Å². The van der Waals surface area contributed by atoms with Gasteiger partial charge in [-0.05, 0) is 23.6 Å². The van der Waals surface area contributed by atoms with Crippen molar-refractivity contribution in [3.63, 3.8) is 0 Å². The monoisotopic (exact) mass is 294 g/mol. The van der Waals surface area contributed by atoms with E-state index in [1.165, 1.54) is 4.31 Å². The molecule has 1 aliphatic rings. The van der Waals surface area contributed by atoms with Gasteiger partial charge in [-0.25, -0.2) is 8.42 Å². The predicted octanol–water partition coefficient (Wildman–Crippen LogP) is 1.09. The van der Waals surface area contributed by atoms with Gasteiger partial charge in [0.1, 0.15) is 0 Å². The van der Waals surface area contributed by atoms with E-state index < -0.39 is 15.6 Å². The maximum absolute atomic E-state index is 12.2. The molecule has 0 unspecified atom stereocenters. The van der Waals surface area contributed by atoms with E-state index in [-0.39, 0.29) is 24.8 Å². The zero-order chi connectivity index (χ0) is 15.0. The number of nitriles is 1. The third-order valence-corrected chi connectivity index (χ3v) is 5.52. The standard InChI is InChI=1S/C14H18N2O3S/c1-11(2)14(17)9-16(10-14)20(18,19)8-13-5-3-4-12(6-13)7-15/h3-6,11,17H,8-10H2,1-2H3. The van der Waals surface area contributed by atoms with Gasteiger partial charge in [0, 0.05) is 13.1 Å². The number of rotatable bonds is 4. The van der Waals surface area contributed by atoms with Crippen LogP contribution in [0.25, 0.3) is 0 Å². The molecule has 0 amide bonds. The summed E-state index contributed by atoms with van der Waals surface area (Å²) in [6.07, 6.45) is 0. The van der Waals surface area contributed by atoms with Crippen molar-refractivity contribution in [1.29, 1.82) is 5.26 Å². The van der Waals surface area contributed by atoms with Crippen molar-refractivity contribution in [2.24, 2.45) is 5.92 Å². The van der Waals surface area contributed by atoms with Gasteiger partial charge in [-0.15, -0.1) is 0 Å². The van der Waals surface area contributed by atoms with Crippen molar-refractivity contribution in [2.45, 2.75) is 25.2 Å². The van der Waals surface area contributed by atoms with Gasteiger partial charge in [-0.2, -0.15) is 9.57 Å². The van der Waals surface area contributed by atoms with Gasteiger partial charge in [0.15, 0.2) is 0 Å². The lowest BCUT2D eigenvalue weighted by Crippen LogP contribution is -2.65. The quantitative estimate of drug-likeness (QED) is 0.901. The summed E-state index contributed by atoms with van der Waals surface area (Å²) in [5, 5.41) is 18.9. The molecule has 0 radical (unpaired) electrons. The van der Waals surface area contributed by atoms with Crippen LogP contribution in [-0.4, -0.2) is 36.5 Å². The van der Waals surface area contributed by atoms with Crippen molar-refractivity contribution in [2.75, 3.05) is 13.1 Å². The number of sulfonamides is 1. The SMILES string of the molecule is CC(C)C1(O)CN(S(=O)(=O)Cc2cccc(C#N)c2)C1. The summed E-state index contributed by atoms with van der Waals surface area (Å²) in [6, 6.07) is 8.56. The molecule has 1 fully saturated rings. The Labute approximate surface area is 119 Å². The fourth-order valence-corrected chi connectivity index (χ4v) is 3.78. The zero-order valence-electron chi connectivity index (χ0n) is 11.6. The van der Waals surface area contributed by atoms with Crippen LogP contribution in [0.5, 0.6) is 0 Å². The second kappa shape index (κ2) is 5.17. The lowest BCUT2D eigenvalue weighted by Gasteiger charge is -2.47. The number of aliphatic hydroxyl groups is 1. The lowest BCUT2D eigenvalue weighted by molar-refractivity contribution is -0.0933. The minimum Gasteiger partial charge on any atom is -0.387 e. The molecule has 1 N–H and O–H groups in total. The Morgan fingerprint density at radius 3 is 2.65 bits per heavy atom. The molecule has 0 atom stereocenters. The van der Waals surface area contributed by atoms with Crippen LogP contribution in [-0.2, 0) is 15.8 Å². The summed E-state index contributed by atoms with van der Waals surface area (Å²) in [6.45, 7) is 4.04. The first-order valence-corrected chi connectivity index (χ1v) is 8.07. The van der Waals surface area contributed by atoms with Crippen LogP contribution in [0.15, 0.2) is 24.3 Å². The van der Waals surface area contributed by atoms with E-state index in [1.807, 2.05) is 19.9 Å². The molecule has 6 heteroatoms. The van der Waals surface area contributed by atoms with Crippen molar-refractivity contribution in [3.05, 3.63) is 35.4 Å². The number of β-amino-alcohol motifs (C(OH)–C–C–N with tert-alkyl or cyclic N) is 1. The Hall–Kier alpha value is -1.42. The van der Waals surface area contributed by atoms with Crippen LogP contribution in [0.3, 0.4) is 0 Å². The van der Waals surface area contributed by atoms with E-state index in [2.05, 4.69) is 0 Å². The first-order chi connectivity index (χ1) is 9.27. The summed E-state index contributed by atoms with van der Waals surface area (Å²) in [7, 11) is -3.44. The van der Waals surface area contributed by atoms with Crippen LogP contribution >= 0.6 is 0 Å². The number of nitrogens with zero attached hydrogens (tertiary/aromatic N) is 2. The zero-order valence-corrected chi connectivity index (χ0v) is 12.4. The normalized spacial score (nSPS) is 18.6. The van der Waals surface area contributed by atoms with Crippen LogP contribution < -0.4 is 0 Å². The summed E-state index contributed by atoms with van der Waals surface area (Å²) in [4.78, 5) is 0. The van der Waals surface area contributed by atoms with E-state index in [0.29, 0.717) is 11.1 Å². The Balaban J connectivity index is 2.08. The topological polar surface area (TPSA) is 81.4 Å². The number of benzene rings is 1. The van der Waals surface area contributed by atoms with Gasteiger partial charge in [-0.1, -0.05) is 26.0 Å². The molecular formula is C14H18N2O3S. The fraction of sp³-hybridized carbons (Fsp3) is 0.500. The summed E-state index contributed by atoms with van der Waals surface area (Å²) in [5.41, 5.74) is 0.116. The van der Waals surface area contributed by atoms with Crippen molar-refractivity contribution < 1.29 is 13.5 Å². The Morgan fingerprint density at radius 1 is 1.45 bits per heavy atom. The molecule has 0 spiro atoms. The van der Waals surface area contributed by atoms with E-state index in [4.69, 9.17) is 5.26 Å². The van der Waals surface area contributed by atoms with E-state index in [9.17, 15) is 13.5 Å². The highest BCUT2D eigenvalue weighted by Crippen LogP contribution is 2.31. The van der Waals surface area contributed by atoms with Gasteiger partial charge >= 0.3 is 0 Å². The summed E-state index contributed by atoms with van der Waals surface area (Å²) < 4.78 is 25.7. The largest absolute Gasteiger partial charge is 0.387 e. The molecule has 108 valence electrons. The van der Waals surface area contributed by atoms with Gasteiger partial charge in [0.25, 0.3) is 0 Å². The molecule has 0 bridgehead atoms. The molecule has 2 rings (SSSR count). The Morgan fingerprint density at radius 2 is 2.10 bits per heavy atom. The van der Waals surface area contributed by atoms with E-state index in [1.54, 1.807) is 24.3 Å². The van der Waals surface area contributed by atoms with Crippen LogP contribution in [0.4, 0.5) is 0 Å². The molecular weight excluding hydrogens is 276 g/mol. The minimum absolute atomic E-state index is 0.0240. The van der Waals surface area contributed by atoms with E-state index >= 15 is 0 Å². The van der Waals surface area contributed by atoms with E-state index in [0.717, 1.165) is 0 Å². The summed E-state index contributed by atoms with van der Waals surface area (Å²) in [5.74, 6) is -0.118. The van der Waals surface area contributed by atoms with Gasteiger partial charge in [0.05, 0.1) is 23.0 Å². The molecule has 0 aliphatic carbocycles. The molecule has 0 aromatic heterocycles. The molecule has 1 aromatic rings. The lowest BCUT2D eigenvalue weighted by atomic mass is 9.85. The third-order valence-electron chi connectivity index (χ3n) is 3.77. The first kappa shape index (κ1) is 15.0. The van der Waals surface area contributed by atoms with Crippen LogP contribution in [0.1, 0.15) is 25.0 Å². The van der Waals surface area contributed by atoms with Gasteiger partial charge < -0.3 is 5.11 Å². The smallest absolute Gasteiger partial charge is 0.218 e. The highest BCUT2D eigenvalue weighted by Gasteiger charge is 2.48. The fourth-order valence-electron chi connectivity index (χ4n) is 2.16. The molecule has 0 saturated carbocycles. The molecule has 1 aromatic carbocycles. The van der Waals surface area contributed by atoms with Gasteiger partial charge in [-0.3, -0.25) is 0 Å². The van der Waals surface area contributed by atoms with Gasteiger partial charge in [0.2, 0.25) is 10.0 Å². The second-order valence-electron chi connectivity index (χ2n) is 5.59.